The number of hydrogen-bond donors (Lipinski definition) is 0. The highest BCUT2D eigenvalue weighted by atomic mass is 79.9. The van der Waals surface area contributed by atoms with E-state index >= 15 is 0 Å². The summed E-state index contributed by atoms with van der Waals surface area (Å²) >= 11 is 3.33. The highest BCUT2D eigenvalue weighted by molar-refractivity contribution is 9.10. The lowest BCUT2D eigenvalue weighted by atomic mass is 9.70. The lowest BCUT2D eigenvalue weighted by Crippen LogP contribution is -2.40. The average molecular weight is 310 g/mol. The molecule has 0 heterocycles. The molecule has 4 nitrogen and oxygen atoms in total. The van der Waals surface area contributed by atoms with Crippen LogP contribution in [0.2, 0.25) is 0 Å². The Morgan fingerprint density at radius 1 is 1.50 bits per heavy atom. The maximum atomic E-state index is 12.0. The second-order valence-electron chi connectivity index (χ2n) is 5.36. The predicted octanol–water partition coefficient (Wildman–Crippen LogP) is 1.30. The first-order valence-electron chi connectivity index (χ1n) is 5.24. The molecule has 6 heteroatoms. The van der Waals surface area contributed by atoms with Crippen LogP contribution in [-0.4, -0.2) is 29.3 Å². The maximum absolute atomic E-state index is 12.0. The van der Waals surface area contributed by atoms with Crippen molar-refractivity contribution in [3.05, 3.63) is 0 Å². The summed E-state index contributed by atoms with van der Waals surface area (Å²) in [5, 5.41) is 0. The van der Waals surface area contributed by atoms with E-state index in [-0.39, 0.29) is 16.5 Å². The molecule has 2 rings (SSSR count). The molecular formula is C10H14BrO4S-. The number of rotatable bonds is 2. The summed E-state index contributed by atoms with van der Waals surface area (Å²) in [4.78, 5) is 11.8. The van der Waals surface area contributed by atoms with Crippen molar-refractivity contribution in [2.24, 2.45) is 16.7 Å². The Balaban J connectivity index is 2.47. The number of carbonyl (C=O) groups is 1. The van der Waals surface area contributed by atoms with E-state index in [1.54, 1.807) is 13.8 Å². The molecule has 0 saturated heterocycles. The third kappa shape index (κ3) is 1.42. The zero-order valence-electron chi connectivity index (χ0n) is 9.20. The molecule has 2 aliphatic rings. The van der Waals surface area contributed by atoms with E-state index in [0.717, 1.165) is 6.42 Å². The van der Waals surface area contributed by atoms with Crippen molar-refractivity contribution in [1.82, 2.24) is 0 Å². The van der Waals surface area contributed by atoms with Crippen molar-refractivity contribution < 1.29 is 17.8 Å². The number of alkyl halides is 1. The van der Waals surface area contributed by atoms with Gasteiger partial charge >= 0.3 is 0 Å². The largest absolute Gasteiger partial charge is 0.748 e. The van der Waals surface area contributed by atoms with Crippen molar-refractivity contribution in [2.75, 3.05) is 5.75 Å². The van der Waals surface area contributed by atoms with E-state index in [1.165, 1.54) is 0 Å². The van der Waals surface area contributed by atoms with E-state index in [1.807, 2.05) is 0 Å². The minimum absolute atomic E-state index is 0.0336. The van der Waals surface area contributed by atoms with Gasteiger partial charge in [0.2, 0.25) is 0 Å². The fourth-order valence-corrected chi connectivity index (χ4v) is 6.07. The number of ketones is 1. The molecule has 0 aliphatic heterocycles. The summed E-state index contributed by atoms with van der Waals surface area (Å²) in [5.74, 6) is -0.418. The zero-order chi connectivity index (χ0) is 12.4. The van der Waals surface area contributed by atoms with Crippen LogP contribution in [0.15, 0.2) is 0 Å². The standard InChI is InChI=1S/C10H15BrO4S/c1-9-4-3-6(7(11)8(9)12)10(9,2)5-16(13,14)15/h6-7H,3-5H2,1-2H3,(H,13,14,15)/p-1/t6?,7-,9+,10?/m1/s1. The molecular weight excluding hydrogens is 296 g/mol. The van der Waals surface area contributed by atoms with Gasteiger partial charge in [0.1, 0.15) is 0 Å². The lowest BCUT2D eigenvalue weighted by molar-refractivity contribution is -0.127. The van der Waals surface area contributed by atoms with Crippen LogP contribution in [-0.2, 0) is 14.9 Å². The van der Waals surface area contributed by atoms with Gasteiger partial charge in [-0.05, 0) is 24.2 Å². The summed E-state index contributed by atoms with van der Waals surface area (Å²) in [6.07, 6.45) is 1.49. The number of carbonyl (C=O) groups excluding carboxylic acids is 1. The van der Waals surface area contributed by atoms with E-state index in [4.69, 9.17) is 0 Å². The van der Waals surface area contributed by atoms with Crippen molar-refractivity contribution in [3.63, 3.8) is 0 Å². The van der Waals surface area contributed by atoms with Crippen molar-refractivity contribution >= 4 is 31.8 Å². The van der Waals surface area contributed by atoms with E-state index in [2.05, 4.69) is 15.9 Å². The minimum atomic E-state index is -4.30. The van der Waals surface area contributed by atoms with Gasteiger partial charge in [-0.1, -0.05) is 29.8 Å². The van der Waals surface area contributed by atoms with E-state index in [9.17, 15) is 17.8 Å². The van der Waals surface area contributed by atoms with Crippen LogP contribution >= 0.6 is 15.9 Å². The first-order valence-corrected chi connectivity index (χ1v) is 7.73. The van der Waals surface area contributed by atoms with Gasteiger partial charge in [0.05, 0.1) is 14.9 Å². The Morgan fingerprint density at radius 3 is 2.44 bits per heavy atom. The third-order valence-corrected chi connectivity index (χ3v) is 6.67. The molecule has 4 atom stereocenters. The number of hydrogen-bond acceptors (Lipinski definition) is 4. The Hall–Kier alpha value is 0.0600. The monoisotopic (exact) mass is 309 g/mol. The first kappa shape index (κ1) is 12.5. The lowest BCUT2D eigenvalue weighted by Gasteiger charge is -2.37. The van der Waals surface area contributed by atoms with Gasteiger partial charge in [-0.25, -0.2) is 8.42 Å². The molecule has 2 fully saturated rings. The van der Waals surface area contributed by atoms with Crippen molar-refractivity contribution in [3.8, 4) is 0 Å². The SMILES string of the molecule is CC1(CS(=O)(=O)[O-])C2CC[C@@]1(C)C(=O)[C@@H]2Br. The molecule has 92 valence electrons. The summed E-state index contributed by atoms with van der Waals surface area (Å²) in [7, 11) is -4.30. The van der Waals surface area contributed by atoms with Crippen molar-refractivity contribution in [1.29, 1.82) is 0 Å². The molecule has 2 saturated carbocycles. The highest BCUT2D eigenvalue weighted by Gasteiger charge is 2.68. The van der Waals surface area contributed by atoms with Gasteiger partial charge in [-0.3, -0.25) is 4.79 Å². The summed E-state index contributed by atoms with van der Waals surface area (Å²) in [6, 6.07) is 0. The predicted molar refractivity (Wildman–Crippen MR) is 61.2 cm³/mol. The Kier molecular flexibility index (Phi) is 2.58. The summed E-state index contributed by atoms with van der Waals surface area (Å²) in [5.41, 5.74) is -1.37. The molecule has 16 heavy (non-hydrogen) atoms. The van der Waals surface area contributed by atoms with Crippen molar-refractivity contribution in [2.45, 2.75) is 31.5 Å². The van der Waals surface area contributed by atoms with E-state index < -0.39 is 26.7 Å². The summed E-state index contributed by atoms with van der Waals surface area (Å²) < 4.78 is 33.0. The van der Waals surface area contributed by atoms with Crippen LogP contribution in [0.25, 0.3) is 0 Å². The topological polar surface area (TPSA) is 74.3 Å². The molecule has 0 radical (unpaired) electrons. The smallest absolute Gasteiger partial charge is 0.153 e. The molecule has 0 aromatic carbocycles. The average Bonchev–Trinajstić information content (AvgIpc) is 2.40. The third-order valence-electron chi connectivity index (χ3n) is 4.66. The summed E-state index contributed by atoms with van der Waals surface area (Å²) in [6.45, 7) is 3.56. The molecule has 2 unspecified atom stereocenters. The normalized spacial score (nSPS) is 47.6. The maximum Gasteiger partial charge on any atom is 0.153 e. The van der Waals surface area contributed by atoms with Crippen LogP contribution < -0.4 is 0 Å². The quantitative estimate of drug-likeness (QED) is 0.569. The Labute approximate surface area is 104 Å². The number of Topliss-reactive ketones (excluding diaryl/α,β-unsaturated/α-hetero) is 1. The fourth-order valence-electron chi connectivity index (χ4n) is 3.45. The highest BCUT2D eigenvalue weighted by Crippen LogP contribution is 2.65. The van der Waals surface area contributed by atoms with Gasteiger partial charge < -0.3 is 4.55 Å². The zero-order valence-corrected chi connectivity index (χ0v) is 11.6. The first-order chi connectivity index (χ1) is 7.12. The molecule has 0 spiro atoms. The van der Waals surface area contributed by atoms with Crippen LogP contribution in [0.5, 0.6) is 0 Å². The second kappa shape index (κ2) is 3.29. The molecule has 2 bridgehead atoms. The fraction of sp³-hybridized carbons (Fsp3) is 0.900. The van der Waals surface area contributed by atoms with Gasteiger partial charge in [-0.15, -0.1) is 0 Å². The number of halogens is 1. The van der Waals surface area contributed by atoms with Crippen LogP contribution in [0.4, 0.5) is 0 Å². The Morgan fingerprint density at radius 2 is 2.06 bits per heavy atom. The minimum Gasteiger partial charge on any atom is -0.748 e. The molecule has 0 amide bonds. The van der Waals surface area contributed by atoms with E-state index in [0.29, 0.717) is 6.42 Å². The van der Waals surface area contributed by atoms with Gasteiger partial charge in [0.25, 0.3) is 0 Å². The second-order valence-corrected chi connectivity index (χ2v) is 7.75. The van der Waals surface area contributed by atoms with Gasteiger partial charge in [0.15, 0.2) is 5.78 Å². The molecule has 0 N–H and O–H groups in total. The number of fused-ring (bicyclic) bond motifs is 2. The van der Waals surface area contributed by atoms with Crippen LogP contribution in [0, 0.1) is 16.7 Å². The van der Waals surface area contributed by atoms with Gasteiger partial charge in [0, 0.05) is 11.2 Å². The van der Waals surface area contributed by atoms with Crippen LogP contribution in [0.1, 0.15) is 26.7 Å². The van der Waals surface area contributed by atoms with Gasteiger partial charge in [-0.2, -0.15) is 0 Å². The van der Waals surface area contributed by atoms with Crippen LogP contribution in [0.3, 0.4) is 0 Å². The molecule has 0 aromatic heterocycles. The molecule has 0 aromatic rings. The molecule has 2 aliphatic carbocycles. The Bertz CT molecular complexity index is 446.